The Labute approximate surface area is 215 Å². The number of hydrogen-bond donors (Lipinski definition) is 4. The SMILES string of the molecule is CN1CCC2(CC1)CC(=O)c1cc(C(=N)c3cc(C(=O)N[C@@H](O)c4ccccc4)ccc3N)ccc1O2. The fraction of sp³-hybridized carbons (Fsp3) is 0.276. The number of nitrogens with one attached hydrogen (secondary N) is 2. The van der Waals surface area contributed by atoms with Gasteiger partial charge in [-0.05, 0) is 43.4 Å². The summed E-state index contributed by atoms with van der Waals surface area (Å²) in [4.78, 5) is 28.2. The number of piperidine rings is 1. The lowest BCUT2D eigenvalue weighted by Gasteiger charge is -2.43. The number of nitrogens with two attached hydrogens (primary N) is 1. The van der Waals surface area contributed by atoms with Gasteiger partial charge in [-0.1, -0.05) is 30.3 Å². The average molecular weight is 499 g/mol. The summed E-state index contributed by atoms with van der Waals surface area (Å²) in [5.41, 5.74) is 8.27. The molecular weight excluding hydrogens is 468 g/mol. The van der Waals surface area contributed by atoms with E-state index in [-0.39, 0.29) is 17.1 Å². The minimum Gasteiger partial charge on any atom is -0.486 e. The number of hydrogen-bond acceptors (Lipinski definition) is 7. The van der Waals surface area contributed by atoms with E-state index in [0.717, 1.165) is 25.9 Å². The molecule has 1 amide bonds. The predicted molar refractivity (Wildman–Crippen MR) is 141 cm³/mol. The number of amides is 1. The van der Waals surface area contributed by atoms with Crippen molar-refractivity contribution in [2.45, 2.75) is 31.1 Å². The van der Waals surface area contributed by atoms with Crippen LogP contribution in [0.1, 0.15) is 62.9 Å². The maximum Gasteiger partial charge on any atom is 0.253 e. The number of anilines is 1. The summed E-state index contributed by atoms with van der Waals surface area (Å²) in [6.45, 7) is 1.77. The number of likely N-dealkylation sites (tertiary alicyclic amines) is 1. The molecule has 1 atom stereocenters. The van der Waals surface area contributed by atoms with Crippen molar-refractivity contribution in [1.82, 2.24) is 10.2 Å². The average Bonchev–Trinajstić information content (AvgIpc) is 2.90. The van der Waals surface area contributed by atoms with Gasteiger partial charge in [-0.15, -0.1) is 0 Å². The molecular formula is C29H30N4O4. The second kappa shape index (κ2) is 9.80. The highest BCUT2D eigenvalue weighted by molar-refractivity contribution is 6.16. The number of aliphatic hydroxyl groups is 1. The van der Waals surface area contributed by atoms with E-state index in [9.17, 15) is 14.7 Å². The first-order valence-corrected chi connectivity index (χ1v) is 12.3. The Balaban J connectivity index is 1.36. The third kappa shape index (κ3) is 4.98. The number of aliphatic hydroxyl groups excluding tert-OH is 1. The molecule has 0 saturated carbocycles. The number of carbonyl (C=O) groups excluding carboxylic acids is 2. The van der Waals surface area contributed by atoms with Gasteiger partial charge in [-0.3, -0.25) is 15.0 Å². The van der Waals surface area contributed by atoms with E-state index in [0.29, 0.717) is 40.1 Å². The lowest BCUT2D eigenvalue weighted by atomic mass is 9.82. The molecule has 2 heterocycles. The molecule has 0 aliphatic carbocycles. The highest BCUT2D eigenvalue weighted by atomic mass is 16.5. The van der Waals surface area contributed by atoms with Crippen LogP contribution in [0.25, 0.3) is 0 Å². The minimum absolute atomic E-state index is 0.0106. The molecule has 2 aliphatic heterocycles. The summed E-state index contributed by atoms with van der Waals surface area (Å²) in [6, 6.07) is 18.6. The van der Waals surface area contributed by atoms with Crippen LogP contribution in [0.15, 0.2) is 66.7 Å². The van der Waals surface area contributed by atoms with Crippen LogP contribution in [0.2, 0.25) is 0 Å². The van der Waals surface area contributed by atoms with Crippen molar-refractivity contribution < 1.29 is 19.4 Å². The van der Waals surface area contributed by atoms with Crippen LogP contribution in [0, 0.1) is 5.41 Å². The first kappa shape index (κ1) is 24.7. The molecule has 0 aromatic heterocycles. The second-order valence-corrected chi connectivity index (χ2v) is 9.86. The fourth-order valence-electron chi connectivity index (χ4n) is 4.95. The number of ketones is 1. The normalized spacial score (nSPS) is 17.5. The maximum atomic E-state index is 13.1. The number of nitrogen functional groups attached to an aromatic ring is 1. The maximum absolute atomic E-state index is 13.1. The van der Waals surface area contributed by atoms with Crippen LogP contribution in [0.4, 0.5) is 5.69 Å². The molecule has 8 nitrogen and oxygen atoms in total. The van der Waals surface area contributed by atoms with Gasteiger partial charge in [0.05, 0.1) is 17.7 Å². The Kier molecular flexibility index (Phi) is 6.54. The molecule has 0 unspecified atom stereocenters. The van der Waals surface area contributed by atoms with Crippen molar-refractivity contribution in [3.63, 3.8) is 0 Å². The molecule has 1 fully saturated rings. The summed E-state index contributed by atoms with van der Waals surface area (Å²) in [6.07, 6.45) is 0.757. The van der Waals surface area contributed by atoms with Gasteiger partial charge in [0.1, 0.15) is 11.4 Å². The van der Waals surface area contributed by atoms with Crippen LogP contribution in [-0.2, 0) is 0 Å². The van der Waals surface area contributed by atoms with Gasteiger partial charge in [-0.25, -0.2) is 0 Å². The molecule has 5 N–H and O–H groups in total. The lowest BCUT2D eigenvalue weighted by Crippen LogP contribution is -2.50. The number of ether oxygens (including phenoxy) is 1. The summed E-state index contributed by atoms with van der Waals surface area (Å²) in [5.74, 6) is 0.0626. The van der Waals surface area contributed by atoms with Gasteiger partial charge in [0, 0.05) is 53.9 Å². The van der Waals surface area contributed by atoms with E-state index < -0.39 is 17.7 Å². The molecule has 0 bridgehead atoms. The third-order valence-electron chi connectivity index (χ3n) is 7.24. The van der Waals surface area contributed by atoms with E-state index in [1.54, 1.807) is 54.6 Å². The van der Waals surface area contributed by atoms with Crippen molar-refractivity contribution in [3.8, 4) is 5.75 Å². The third-order valence-corrected chi connectivity index (χ3v) is 7.24. The molecule has 1 saturated heterocycles. The topological polar surface area (TPSA) is 129 Å². The number of Topliss-reactive ketones (excluding diaryl/α,β-unsaturated/α-hetero) is 1. The van der Waals surface area contributed by atoms with Gasteiger partial charge in [0.15, 0.2) is 12.0 Å². The van der Waals surface area contributed by atoms with Crippen molar-refractivity contribution in [3.05, 3.63) is 94.5 Å². The Morgan fingerprint density at radius 1 is 1.08 bits per heavy atom. The number of rotatable bonds is 5. The van der Waals surface area contributed by atoms with Crippen molar-refractivity contribution in [1.29, 1.82) is 5.41 Å². The zero-order valence-electron chi connectivity index (χ0n) is 20.7. The van der Waals surface area contributed by atoms with Crippen LogP contribution < -0.4 is 15.8 Å². The van der Waals surface area contributed by atoms with Crippen LogP contribution >= 0.6 is 0 Å². The molecule has 0 radical (unpaired) electrons. The molecule has 2 aliphatic rings. The summed E-state index contributed by atoms with van der Waals surface area (Å²) >= 11 is 0. The largest absolute Gasteiger partial charge is 0.486 e. The quantitative estimate of drug-likeness (QED) is 0.242. The molecule has 37 heavy (non-hydrogen) atoms. The monoisotopic (exact) mass is 498 g/mol. The first-order chi connectivity index (χ1) is 17.7. The molecule has 5 rings (SSSR count). The molecule has 3 aromatic rings. The zero-order valence-corrected chi connectivity index (χ0v) is 20.7. The summed E-state index contributed by atoms with van der Waals surface area (Å²) < 4.78 is 6.35. The van der Waals surface area contributed by atoms with E-state index in [4.69, 9.17) is 15.9 Å². The van der Waals surface area contributed by atoms with E-state index >= 15 is 0 Å². The Morgan fingerprint density at radius 2 is 1.78 bits per heavy atom. The highest BCUT2D eigenvalue weighted by Gasteiger charge is 2.42. The number of benzene rings is 3. The van der Waals surface area contributed by atoms with Crippen molar-refractivity contribution in [2.75, 3.05) is 25.9 Å². The van der Waals surface area contributed by atoms with E-state index in [2.05, 4.69) is 17.3 Å². The number of nitrogens with zero attached hydrogens (tertiary/aromatic N) is 1. The minimum atomic E-state index is -1.17. The lowest BCUT2D eigenvalue weighted by molar-refractivity contribution is -0.00368. The predicted octanol–water partition coefficient (Wildman–Crippen LogP) is 3.54. The van der Waals surface area contributed by atoms with Crippen LogP contribution in [0.5, 0.6) is 5.75 Å². The fourth-order valence-corrected chi connectivity index (χ4v) is 4.95. The van der Waals surface area contributed by atoms with Crippen molar-refractivity contribution in [2.24, 2.45) is 0 Å². The van der Waals surface area contributed by atoms with Crippen molar-refractivity contribution >= 4 is 23.1 Å². The Bertz CT molecular complexity index is 1360. The summed E-state index contributed by atoms with van der Waals surface area (Å²) in [7, 11) is 2.07. The molecule has 8 heteroatoms. The summed E-state index contributed by atoms with van der Waals surface area (Å²) in [5, 5.41) is 21.7. The Morgan fingerprint density at radius 3 is 2.51 bits per heavy atom. The molecule has 190 valence electrons. The second-order valence-electron chi connectivity index (χ2n) is 9.86. The van der Waals surface area contributed by atoms with Gasteiger partial charge in [0.25, 0.3) is 5.91 Å². The van der Waals surface area contributed by atoms with Crippen LogP contribution in [-0.4, -0.2) is 53.1 Å². The van der Waals surface area contributed by atoms with Gasteiger partial charge >= 0.3 is 0 Å². The highest BCUT2D eigenvalue weighted by Crippen LogP contribution is 2.39. The van der Waals surface area contributed by atoms with Gasteiger partial charge < -0.3 is 25.8 Å². The first-order valence-electron chi connectivity index (χ1n) is 12.3. The van der Waals surface area contributed by atoms with Gasteiger partial charge in [0.2, 0.25) is 0 Å². The zero-order chi connectivity index (χ0) is 26.2. The van der Waals surface area contributed by atoms with Gasteiger partial charge in [-0.2, -0.15) is 0 Å². The van der Waals surface area contributed by atoms with E-state index in [1.807, 2.05) is 6.07 Å². The smallest absolute Gasteiger partial charge is 0.253 e. The standard InChI is InChI=1S/C29H30N4O4/c1-33-13-11-29(12-14-33)17-24(34)22-15-19(8-10-25(22)37-29)26(31)21-16-20(7-9-23(21)30)28(36)32-27(35)18-5-3-2-4-6-18/h2-10,15-16,27,31,35H,11-14,17,30H2,1H3,(H,32,36)/t27-/m0/s1. The van der Waals surface area contributed by atoms with E-state index in [1.165, 1.54) is 6.07 Å². The number of carbonyl (C=O) groups is 2. The molecule has 1 spiro atoms. The number of fused-ring (bicyclic) bond motifs is 1. The van der Waals surface area contributed by atoms with Crippen LogP contribution in [0.3, 0.4) is 0 Å². The Hall–Kier alpha value is -4.01. The molecule has 3 aromatic carbocycles.